The predicted octanol–water partition coefficient (Wildman–Crippen LogP) is 2.60. The van der Waals surface area contributed by atoms with E-state index in [1.54, 1.807) is 29.1 Å². The van der Waals surface area contributed by atoms with Crippen LogP contribution in [0.15, 0.2) is 48.8 Å². The van der Waals surface area contributed by atoms with Gasteiger partial charge in [-0.3, -0.25) is 4.79 Å². The Bertz CT molecular complexity index is 921. The lowest BCUT2D eigenvalue weighted by atomic mass is 10.2. The lowest BCUT2D eigenvalue weighted by Gasteiger charge is -2.19. The number of nitrogens with one attached hydrogen (secondary N) is 1. The van der Waals surface area contributed by atoms with Crippen LogP contribution in [0.2, 0.25) is 0 Å². The van der Waals surface area contributed by atoms with Gasteiger partial charge in [0.2, 0.25) is 0 Å². The van der Waals surface area contributed by atoms with Gasteiger partial charge >= 0.3 is 0 Å². The van der Waals surface area contributed by atoms with E-state index in [4.69, 9.17) is 9.47 Å². The fourth-order valence-corrected chi connectivity index (χ4v) is 2.66. The molecule has 0 atom stereocenters. The van der Waals surface area contributed by atoms with Crippen molar-refractivity contribution in [3.8, 4) is 17.3 Å². The molecule has 2 aromatic heterocycles. The number of hydrogen-bond acceptors (Lipinski definition) is 5. The fraction of sp³-hybridized carbons (Fsp3) is 0.167. The van der Waals surface area contributed by atoms with Crippen molar-refractivity contribution >= 4 is 11.6 Å². The minimum atomic E-state index is -0.239. The average molecular weight is 336 g/mol. The molecule has 1 aliphatic rings. The van der Waals surface area contributed by atoms with E-state index in [-0.39, 0.29) is 5.91 Å². The van der Waals surface area contributed by atoms with Crippen LogP contribution in [0.4, 0.5) is 5.69 Å². The maximum Gasteiger partial charge on any atom is 0.259 e. The highest BCUT2D eigenvalue weighted by Crippen LogP contribution is 2.32. The van der Waals surface area contributed by atoms with Crippen molar-refractivity contribution in [1.29, 1.82) is 0 Å². The number of fused-ring (bicyclic) bond motifs is 1. The van der Waals surface area contributed by atoms with Crippen molar-refractivity contribution in [2.45, 2.75) is 6.92 Å². The van der Waals surface area contributed by atoms with Gasteiger partial charge in [-0.25, -0.2) is 9.67 Å². The van der Waals surface area contributed by atoms with Crippen LogP contribution in [0.5, 0.6) is 11.5 Å². The first-order valence-electron chi connectivity index (χ1n) is 7.89. The number of aromatic nitrogens is 3. The summed E-state index contributed by atoms with van der Waals surface area (Å²) in [4.78, 5) is 16.8. The van der Waals surface area contributed by atoms with Crippen LogP contribution >= 0.6 is 0 Å². The van der Waals surface area contributed by atoms with Crippen LogP contribution in [0.1, 0.15) is 16.1 Å². The highest BCUT2D eigenvalue weighted by Gasteiger charge is 2.17. The fourth-order valence-electron chi connectivity index (χ4n) is 2.66. The zero-order valence-electron chi connectivity index (χ0n) is 13.6. The Hall–Kier alpha value is -3.35. The summed E-state index contributed by atoms with van der Waals surface area (Å²) in [5.74, 6) is 1.74. The molecule has 7 nitrogen and oxygen atoms in total. The first kappa shape index (κ1) is 15.2. The Kier molecular flexibility index (Phi) is 3.81. The van der Waals surface area contributed by atoms with E-state index in [0.29, 0.717) is 47.5 Å². The molecule has 126 valence electrons. The Balaban J connectivity index is 1.57. The number of amides is 1. The Morgan fingerprint density at radius 3 is 2.80 bits per heavy atom. The molecule has 0 bridgehead atoms. The Morgan fingerprint density at radius 2 is 2.00 bits per heavy atom. The molecule has 3 heterocycles. The van der Waals surface area contributed by atoms with Crippen molar-refractivity contribution < 1.29 is 14.3 Å². The van der Waals surface area contributed by atoms with Crippen LogP contribution in [0, 0.1) is 6.92 Å². The van der Waals surface area contributed by atoms with Gasteiger partial charge < -0.3 is 14.8 Å². The van der Waals surface area contributed by atoms with Crippen LogP contribution in [-0.4, -0.2) is 33.9 Å². The topological polar surface area (TPSA) is 78.3 Å². The van der Waals surface area contributed by atoms with Crippen molar-refractivity contribution in [3.05, 3.63) is 60.0 Å². The highest BCUT2D eigenvalue weighted by molar-refractivity contribution is 6.05. The van der Waals surface area contributed by atoms with E-state index in [2.05, 4.69) is 15.4 Å². The van der Waals surface area contributed by atoms with E-state index in [9.17, 15) is 4.79 Å². The first-order valence-corrected chi connectivity index (χ1v) is 7.89. The number of carbonyl (C=O) groups is 1. The van der Waals surface area contributed by atoms with Gasteiger partial charge in [-0.1, -0.05) is 6.07 Å². The molecule has 0 radical (unpaired) electrons. The largest absolute Gasteiger partial charge is 0.486 e. The van der Waals surface area contributed by atoms with E-state index in [1.165, 1.54) is 6.20 Å². The summed E-state index contributed by atoms with van der Waals surface area (Å²) in [6, 6.07) is 10.9. The van der Waals surface area contributed by atoms with E-state index in [0.717, 1.165) is 0 Å². The van der Waals surface area contributed by atoms with Crippen molar-refractivity contribution in [2.75, 3.05) is 18.5 Å². The van der Waals surface area contributed by atoms with E-state index >= 15 is 0 Å². The van der Waals surface area contributed by atoms with Crippen molar-refractivity contribution in [2.24, 2.45) is 0 Å². The van der Waals surface area contributed by atoms with Gasteiger partial charge in [0.1, 0.15) is 13.2 Å². The average Bonchev–Trinajstić information content (AvgIpc) is 3.04. The summed E-state index contributed by atoms with van der Waals surface area (Å²) < 4.78 is 12.7. The van der Waals surface area contributed by atoms with Crippen LogP contribution in [0.25, 0.3) is 5.82 Å². The number of nitrogens with zero attached hydrogens (tertiary/aromatic N) is 3. The molecule has 4 rings (SSSR count). The molecule has 0 unspecified atom stereocenters. The molecular formula is C18H16N4O3. The SMILES string of the molecule is Cc1c(C(=O)Nc2ccc3c(c2)OCCO3)cnn1-c1ccccn1. The molecular weight excluding hydrogens is 320 g/mol. The first-order chi connectivity index (χ1) is 12.2. The van der Waals surface area contributed by atoms with Crippen LogP contribution in [-0.2, 0) is 0 Å². The summed E-state index contributed by atoms with van der Waals surface area (Å²) in [7, 11) is 0. The maximum atomic E-state index is 12.6. The molecule has 1 amide bonds. The normalized spacial score (nSPS) is 12.7. The minimum absolute atomic E-state index is 0.239. The molecule has 0 spiro atoms. The lowest BCUT2D eigenvalue weighted by molar-refractivity contribution is 0.102. The van der Waals surface area contributed by atoms with Gasteiger partial charge in [-0.05, 0) is 31.2 Å². The molecule has 1 aromatic carbocycles. The minimum Gasteiger partial charge on any atom is -0.486 e. The van der Waals surface area contributed by atoms with E-state index in [1.807, 2.05) is 25.1 Å². The second-order valence-electron chi connectivity index (χ2n) is 5.56. The number of ether oxygens (including phenoxy) is 2. The van der Waals surface area contributed by atoms with Gasteiger partial charge in [0, 0.05) is 18.0 Å². The molecule has 0 saturated heterocycles. The Labute approximate surface area is 144 Å². The standard InChI is InChI=1S/C18H16N4O3/c1-12-14(11-20-22(12)17-4-2-3-7-19-17)18(23)21-13-5-6-15-16(10-13)25-9-8-24-15/h2-7,10-11H,8-9H2,1H3,(H,21,23). The summed E-state index contributed by atoms with van der Waals surface area (Å²) in [5.41, 5.74) is 1.84. The smallest absolute Gasteiger partial charge is 0.259 e. The number of rotatable bonds is 3. The summed E-state index contributed by atoms with van der Waals surface area (Å²) in [6.45, 7) is 2.87. The van der Waals surface area contributed by atoms with Gasteiger partial charge in [-0.15, -0.1) is 0 Å². The molecule has 0 aliphatic carbocycles. The molecule has 1 aliphatic heterocycles. The third-order valence-corrected chi connectivity index (χ3v) is 3.92. The molecule has 3 aromatic rings. The lowest BCUT2D eigenvalue weighted by Crippen LogP contribution is -2.16. The predicted molar refractivity (Wildman–Crippen MR) is 91.5 cm³/mol. The third-order valence-electron chi connectivity index (χ3n) is 3.92. The number of benzene rings is 1. The van der Waals surface area contributed by atoms with Crippen LogP contribution < -0.4 is 14.8 Å². The summed E-state index contributed by atoms with van der Waals surface area (Å²) in [5, 5.41) is 7.13. The van der Waals surface area contributed by atoms with Crippen LogP contribution in [0.3, 0.4) is 0 Å². The molecule has 1 N–H and O–H groups in total. The second-order valence-corrected chi connectivity index (χ2v) is 5.56. The van der Waals surface area contributed by atoms with Crippen molar-refractivity contribution in [3.63, 3.8) is 0 Å². The maximum absolute atomic E-state index is 12.6. The molecule has 0 saturated carbocycles. The summed E-state index contributed by atoms with van der Waals surface area (Å²) in [6.07, 6.45) is 3.22. The highest BCUT2D eigenvalue weighted by atomic mass is 16.6. The molecule has 25 heavy (non-hydrogen) atoms. The van der Waals surface area contributed by atoms with Gasteiger partial charge in [0.05, 0.1) is 17.5 Å². The second kappa shape index (κ2) is 6.27. The van der Waals surface area contributed by atoms with Gasteiger partial charge in [-0.2, -0.15) is 5.10 Å². The number of pyridine rings is 1. The zero-order chi connectivity index (χ0) is 17.2. The summed E-state index contributed by atoms with van der Waals surface area (Å²) >= 11 is 0. The molecule has 0 fully saturated rings. The van der Waals surface area contributed by atoms with Crippen molar-refractivity contribution in [1.82, 2.24) is 14.8 Å². The Morgan fingerprint density at radius 1 is 1.16 bits per heavy atom. The number of anilines is 1. The quantitative estimate of drug-likeness (QED) is 0.795. The third kappa shape index (κ3) is 2.91. The number of carbonyl (C=O) groups excluding carboxylic acids is 1. The van der Waals surface area contributed by atoms with Gasteiger partial charge in [0.15, 0.2) is 17.3 Å². The van der Waals surface area contributed by atoms with E-state index < -0.39 is 0 Å². The zero-order valence-corrected chi connectivity index (χ0v) is 13.6. The monoisotopic (exact) mass is 336 g/mol. The number of hydrogen-bond donors (Lipinski definition) is 1. The molecule has 7 heteroatoms. The van der Waals surface area contributed by atoms with Gasteiger partial charge in [0.25, 0.3) is 5.91 Å².